The Kier molecular flexibility index (Phi) is 5.30. The first-order chi connectivity index (χ1) is 11.6. The van der Waals surface area contributed by atoms with Crippen LogP contribution < -0.4 is 10.6 Å². The highest BCUT2D eigenvalue weighted by atomic mass is 32.1. The van der Waals surface area contributed by atoms with Gasteiger partial charge in [-0.2, -0.15) is 5.10 Å². The number of nitrogens with zero attached hydrogens (tertiary/aromatic N) is 2. The Morgan fingerprint density at radius 3 is 2.79 bits per heavy atom. The van der Waals surface area contributed by atoms with Crippen molar-refractivity contribution in [2.45, 2.75) is 51.6 Å². The summed E-state index contributed by atoms with van der Waals surface area (Å²) in [4.78, 5) is 26.2. The van der Waals surface area contributed by atoms with Gasteiger partial charge in [-0.05, 0) is 31.9 Å². The average molecular weight is 346 g/mol. The molecule has 1 aliphatic carbocycles. The predicted octanol–water partition coefficient (Wildman–Crippen LogP) is 2.49. The van der Waals surface area contributed by atoms with Crippen LogP contribution in [0.4, 0.5) is 5.69 Å². The number of thiophene rings is 1. The molecule has 1 saturated carbocycles. The second-order valence-corrected chi connectivity index (χ2v) is 7.59. The molecule has 0 aliphatic heterocycles. The molecule has 0 saturated heterocycles. The average Bonchev–Trinajstić information content (AvgIpc) is 3.23. The van der Waals surface area contributed by atoms with Crippen molar-refractivity contribution in [2.24, 2.45) is 0 Å². The normalized spacial score (nSPS) is 14.7. The van der Waals surface area contributed by atoms with Gasteiger partial charge in [0, 0.05) is 22.0 Å². The van der Waals surface area contributed by atoms with Crippen LogP contribution in [-0.4, -0.2) is 27.6 Å². The molecule has 2 amide bonds. The summed E-state index contributed by atoms with van der Waals surface area (Å²) in [5.74, 6) is -0.108. The van der Waals surface area contributed by atoms with E-state index in [1.165, 1.54) is 17.7 Å². The van der Waals surface area contributed by atoms with Gasteiger partial charge in [-0.15, -0.1) is 11.3 Å². The first-order valence-electron chi connectivity index (χ1n) is 8.25. The largest absolute Gasteiger partial charge is 0.352 e. The van der Waals surface area contributed by atoms with Crippen molar-refractivity contribution < 1.29 is 9.59 Å². The van der Waals surface area contributed by atoms with Crippen LogP contribution in [-0.2, 0) is 22.6 Å². The van der Waals surface area contributed by atoms with E-state index in [1.807, 2.05) is 19.1 Å². The topological polar surface area (TPSA) is 76.0 Å². The molecule has 0 spiro atoms. The maximum absolute atomic E-state index is 12.0. The number of nitrogens with one attached hydrogen (secondary N) is 2. The fourth-order valence-corrected chi connectivity index (χ4v) is 3.84. The summed E-state index contributed by atoms with van der Waals surface area (Å²) in [7, 11) is 0. The van der Waals surface area contributed by atoms with Gasteiger partial charge in [0.2, 0.25) is 11.8 Å². The fourth-order valence-electron chi connectivity index (χ4n) is 2.95. The SMILES string of the molecule is Cc1ccc(CC(=O)Nc2cnn(CC(=O)NC3CCCC3)c2)s1. The Morgan fingerprint density at radius 1 is 1.29 bits per heavy atom. The van der Waals surface area contributed by atoms with Crippen molar-refractivity contribution in [3.63, 3.8) is 0 Å². The predicted molar refractivity (Wildman–Crippen MR) is 94.0 cm³/mol. The smallest absolute Gasteiger partial charge is 0.241 e. The Hall–Kier alpha value is -2.15. The first-order valence-corrected chi connectivity index (χ1v) is 9.07. The van der Waals surface area contributed by atoms with Crippen molar-refractivity contribution in [1.82, 2.24) is 15.1 Å². The first kappa shape index (κ1) is 16.7. The van der Waals surface area contributed by atoms with Crippen molar-refractivity contribution in [1.29, 1.82) is 0 Å². The van der Waals surface area contributed by atoms with E-state index in [0.717, 1.165) is 17.7 Å². The molecule has 6 nitrogen and oxygen atoms in total. The van der Waals surface area contributed by atoms with Crippen LogP contribution >= 0.6 is 11.3 Å². The quantitative estimate of drug-likeness (QED) is 0.844. The van der Waals surface area contributed by atoms with Gasteiger partial charge in [0.25, 0.3) is 0 Å². The molecule has 0 atom stereocenters. The van der Waals surface area contributed by atoms with Gasteiger partial charge in [0.05, 0.1) is 18.3 Å². The second-order valence-electron chi connectivity index (χ2n) is 6.21. The number of carbonyl (C=O) groups excluding carboxylic acids is 2. The summed E-state index contributed by atoms with van der Waals surface area (Å²) in [6.45, 7) is 2.20. The summed E-state index contributed by atoms with van der Waals surface area (Å²) < 4.78 is 1.55. The molecule has 1 aliphatic rings. The third-order valence-corrected chi connectivity index (χ3v) is 5.07. The van der Waals surface area contributed by atoms with Crippen LogP contribution in [0.3, 0.4) is 0 Å². The molecule has 2 N–H and O–H groups in total. The van der Waals surface area contributed by atoms with Crippen LogP contribution in [0.2, 0.25) is 0 Å². The molecule has 3 rings (SSSR count). The molecule has 24 heavy (non-hydrogen) atoms. The number of aryl methyl sites for hydroxylation is 1. The second kappa shape index (κ2) is 7.61. The molecular weight excluding hydrogens is 324 g/mol. The maximum atomic E-state index is 12.0. The zero-order valence-electron chi connectivity index (χ0n) is 13.7. The van der Waals surface area contributed by atoms with Crippen LogP contribution in [0.1, 0.15) is 35.4 Å². The van der Waals surface area contributed by atoms with Gasteiger partial charge in [-0.25, -0.2) is 0 Å². The molecular formula is C17H22N4O2S. The number of anilines is 1. The Balaban J connectivity index is 1.47. The summed E-state index contributed by atoms with van der Waals surface area (Å²) in [5.41, 5.74) is 0.613. The zero-order valence-corrected chi connectivity index (χ0v) is 14.6. The van der Waals surface area contributed by atoms with Crippen molar-refractivity contribution in [3.8, 4) is 0 Å². The molecule has 2 heterocycles. The minimum Gasteiger partial charge on any atom is -0.352 e. The minimum atomic E-state index is -0.0770. The summed E-state index contributed by atoms with van der Waals surface area (Å²) >= 11 is 1.62. The zero-order chi connectivity index (χ0) is 16.9. The lowest BCUT2D eigenvalue weighted by Crippen LogP contribution is -2.35. The molecule has 1 fully saturated rings. The maximum Gasteiger partial charge on any atom is 0.241 e. The van der Waals surface area contributed by atoms with Gasteiger partial charge >= 0.3 is 0 Å². The minimum absolute atomic E-state index is 0.0306. The monoisotopic (exact) mass is 346 g/mol. The van der Waals surface area contributed by atoms with E-state index in [2.05, 4.69) is 15.7 Å². The molecule has 0 radical (unpaired) electrons. The lowest BCUT2D eigenvalue weighted by Gasteiger charge is -2.11. The molecule has 7 heteroatoms. The van der Waals surface area contributed by atoms with Crippen LogP contribution in [0.25, 0.3) is 0 Å². The number of hydrogen-bond donors (Lipinski definition) is 2. The summed E-state index contributed by atoms with van der Waals surface area (Å²) in [5, 5.41) is 9.98. The number of aromatic nitrogens is 2. The van der Waals surface area contributed by atoms with Crippen molar-refractivity contribution in [3.05, 3.63) is 34.3 Å². The van der Waals surface area contributed by atoms with Gasteiger partial charge < -0.3 is 10.6 Å². The standard InChI is InChI=1S/C17H22N4O2S/c1-12-6-7-15(24-12)8-16(22)20-14-9-18-21(10-14)11-17(23)19-13-4-2-3-5-13/h6-7,9-10,13H,2-5,8,11H2,1H3,(H,19,23)(H,20,22). The molecule has 0 aromatic carbocycles. The third kappa shape index (κ3) is 4.67. The Labute approximate surface area is 145 Å². The number of amides is 2. The van der Waals surface area contributed by atoms with Crippen molar-refractivity contribution >= 4 is 28.8 Å². The van der Waals surface area contributed by atoms with E-state index in [4.69, 9.17) is 0 Å². The van der Waals surface area contributed by atoms with Crippen LogP contribution in [0, 0.1) is 6.92 Å². The number of hydrogen-bond acceptors (Lipinski definition) is 4. The molecule has 128 valence electrons. The van der Waals surface area contributed by atoms with Gasteiger partial charge in [-0.3, -0.25) is 14.3 Å². The van der Waals surface area contributed by atoms with Gasteiger partial charge in [0.1, 0.15) is 6.54 Å². The van der Waals surface area contributed by atoms with E-state index in [1.54, 1.807) is 28.4 Å². The van der Waals surface area contributed by atoms with E-state index in [0.29, 0.717) is 18.2 Å². The third-order valence-electron chi connectivity index (χ3n) is 4.07. The lowest BCUT2D eigenvalue weighted by molar-refractivity contribution is -0.122. The fraction of sp³-hybridized carbons (Fsp3) is 0.471. The van der Waals surface area contributed by atoms with Crippen molar-refractivity contribution in [2.75, 3.05) is 5.32 Å². The highest BCUT2D eigenvalue weighted by Gasteiger charge is 2.17. The lowest BCUT2D eigenvalue weighted by atomic mass is 10.2. The number of carbonyl (C=O) groups is 2. The molecule has 2 aromatic heterocycles. The highest BCUT2D eigenvalue weighted by molar-refractivity contribution is 7.12. The molecule has 0 bridgehead atoms. The molecule has 2 aromatic rings. The summed E-state index contributed by atoms with van der Waals surface area (Å²) in [6, 6.07) is 4.28. The van der Waals surface area contributed by atoms with E-state index < -0.39 is 0 Å². The Morgan fingerprint density at radius 2 is 2.08 bits per heavy atom. The molecule has 0 unspecified atom stereocenters. The van der Waals surface area contributed by atoms with Crippen LogP contribution in [0.5, 0.6) is 0 Å². The van der Waals surface area contributed by atoms with Crippen LogP contribution in [0.15, 0.2) is 24.5 Å². The van der Waals surface area contributed by atoms with E-state index in [9.17, 15) is 9.59 Å². The van der Waals surface area contributed by atoms with Gasteiger partial charge in [-0.1, -0.05) is 12.8 Å². The van der Waals surface area contributed by atoms with E-state index >= 15 is 0 Å². The number of rotatable bonds is 6. The van der Waals surface area contributed by atoms with Gasteiger partial charge in [0.15, 0.2) is 0 Å². The Bertz CT molecular complexity index is 716. The highest BCUT2D eigenvalue weighted by Crippen LogP contribution is 2.18. The summed E-state index contributed by atoms with van der Waals surface area (Å²) in [6.07, 6.45) is 8.11. The van der Waals surface area contributed by atoms with E-state index in [-0.39, 0.29) is 18.4 Å².